The van der Waals surface area contributed by atoms with Crippen molar-refractivity contribution in [1.29, 1.82) is 0 Å². The molecule has 3 aromatic heterocycles. The van der Waals surface area contributed by atoms with Crippen molar-refractivity contribution >= 4 is 23.3 Å². The number of carbonyl (C=O) groups is 2. The van der Waals surface area contributed by atoms with Crippen molar-refractivity contribution in [2.45, 2.75) is 38.5 Å². The fraction of sp³-hybridized carbons (Fsp3) is 0.320. The van der Waals surface area contributed by atoms with Crippen LogP contribution in [0.25, 0.3) is 22.6 Å². The van der Waals surface area contributed by atoms with Crippen molar-refractivity contribution < 1.29 is 14.0 Å². The zero-order chi connectivity index (χ0) is 25.0. The molecule has 0 radical (unpaired) electrons. The summed E-state index contributed by atoms with van der Waals surface area (Å²) in [4.78, 5) is 25.8. The Kier molecular flexibility index (Phi) is 9.73. The lowest BCUT2D eigenvalue weighted by atomic mass is 10.1. The Morgan fingerprint density at radius 3 is 2.40 bits per heavy atom. The normalized spacial score (nSPS) is 10.5. The van der Waals surface area contributed by atoms with E-state index in [4.69, 9.17) is 10.2 Å². The minimum absolute atomic E-state index is 0.112. The molecular weight excluding hydrogens is 464 g/mol. The standard InChI is InChI=1S/C21H26N4O2.C4H4N2OS/c1-22-20(26)7-5-3-4-6-8-21-23-15-19(27-21)17-11-9-16(10-12-17)18-13-14-25(2)24-18;5-4(7)3-1-6-8-2-3/h9-15H,3-8H2,1-2H3,(H,22,26);1-2H,(H2,5,7). The molecule has 3 N–H and O–H groups in total. The van der Waals surface area contributed by atoms with Gasteiger partial charge in [0.25, 0.3) is 5.91 Å². The molecule has 4 aromatic rings. The Morgan fingerprint density at radius 2 is 1.80 bits per heavy atom. The molecular formula is C25H30N6O3S. The summed E-state index contributed by atoms with van der Waals surface area (Å²) in [6, 6.07) is 10.2. The fourth-order valence-electron chi connectivity index (χ4n) is 3.30. The smallest absolute Gasteiger partial charge is 0.251 e. The van der Waals surface area contributed by atoms with Crippen LogP contribution in [0, 0.1) is 0 Å². The van der Waals surface area contributed by atoms with Crippen LogP contribution >= 0.6 is 11.5 Å². The number of aromatic nitrogens is 4. The minimum atomic E-state index is -0.418. The molecule has 0 aliphatic rings. The van der Waals surface area contributed by atoms with E-state index in [1.807, 2.05) is 43.6 Å². The van der Waals surface area contributed by atoms with Gasteiger partial charge in [-0.05, 0) is 30.4 Å². The summed E-state index contributed by atoms with van der Waals surface area (Å²) >= 11 is 1.22. The second-order valence-corrected chi connectivity index (χ2v) is 8.59. The van der Waals surface area contributed by atoms with E-state index < -0.39 is 5.91 Å². The number of nitrogens with one attached hydrogen (secondary N) is 1. The average Bonchev–Trinajstić information content (AvgIpc) is 3.64. The molecule has 35 heavy (non-hydrogen) atoms. The number of nitrogens with zero attached hydrogens (tertiary/aromatic N) is 4. The molecule has 3 heterocycles. The van der Waals surface area contributed by atoms with Gasteiger partial charge in [-0.1, -0.05) is 37.1 Å². The lowest BCUT2D eigenvalue weighted by Crippen LogP contribution is -2.16. The van der Waals surface area contributed by atoms with E-state index in [1.54, 1.807) is 23.3 Å². The highest BCUT2D eigenvalue weighted by molar-refractivity contribution is 7.03. The van der Waals surface area contributed by atoms with Gasteiger partial charge in [0.1, 0.15) is 0 Å². The van der Waals surface area contributed by atoms with E-state index in [9.17, 15) is 9.59 Å². The highest BCUT2D eigenvalue weighted by Gasteiger charge is 2.08. The van der Waals surface area contributed by atoms with Crippen LogP contribution in [-0.4, -0.2) is 38.0 Å². The van der Waals surface area contributed by atoms with Crippen molar-refractivity contribution in [1.82, 2.24) is 24.5 Å². The number of hydrogen-bond donors (Lipinski definition) is 2. The first-order chi connectivity index (χ1) is 17.0. The van der Waals surface area contributed by atoms with Gasteiger partial charge < -0.3 is 15.5 Å². The maximum absolute atomic E-state index is 11.2. The molecule has 0 saturated carbocycles. The number of benzene rings is 1. The number of rotatable bonds is 10. The Hall–Kier alpha value is -3.79. The van der Waals surface area contributed by atoms with Gasteiger partial charge in [-0.15, -0.1) is 0 Å². The summed E-state index contributed by atoms with van der Waals surface area (Å²) in [5, 5.41) is 8.67. The average molecular weight is 495 g/mol. The topological polar surface area (TPSA) is 129 Å². The van der Waals surface area contributed by atoms with Crippen molar-refractivity contribution in [2.24, 2.45) is 12.8 Å². The lowest BCUT2D eigenvalue weighted by molar-refractivity contribution is -0.120. The fourth-order valence-corrected chi connectivity index (χ4v) is 3.83. The van der Waals surface area contributed by atoms with E-state index in [0.717, 1.165) is 60.6 Å². The second kappa shape index (κ2) is 13.2. The highest BCUT2D eigenvalue weighted by Crippen LogP contribution is 2.25. The molecule has 2 amide bonds. The molecule has 1 aromatic carbocycles. The molecule has 0 aliphatic carbocycles. The third-order valence-electron chi connectivity index (χ3n) is 5.27. The Labute approximate surface area is 208 Å². The van der Waals surface area contributed by atoms with E-state index in [1.165, 1.54) is 17.7 Å². The minimum Gasteiger partial charge on any atom is -0.441 e. The van der Waals surface area contributed by atoms with Gasteiger partial charge in [0, 0.05) is 49.6 Å². The maximum Gasteiger partial charge on any atom is 0.251 e. The van der Waals surface area contributed by atoms with Gasteiger partial charge in [-0.25, -0.2) is 9.36 Å². The summed E-state index contributed by atoms with van der Waals surface area (Å²) in [5.74, 6) is 1.25. The SMILES string of the molecule is CNC(=O)CCCCCCc1ncc(-c2ccc(-c3ccn(C)n3)cc2)o1.NC(=O)c1cnsc1. The number of carbonyl (C=O) groups excluding carboxylic acids is 2. The van der Waals surface area contributed by atoms with Crippen LogP contribution in [-0.2, 0) is 18.3 Å². The number of unbranched alkanes of at least 4 members (excludes halogenated alkanes) is 3. The zero-order valence-electron chi connectivity index (χ0n) is 19.9. The Balaban J connectivity index is 0.000000363. The number of primary amides is 1. The number of hydrogen-bond acceptors (Lipinski definition) is 7. The van der Waals surface area contributed by atoms with Crippen LogP contribution in [0.2, 0.25) is 0 Å². The van der Waals surface area contributed by atoms with Gasteiger partial charge in [-0.3, -0.25) is 14.3 Å². The molecule has 184 valence electrons. The maximum atomic E-state index is 11.2. The molecule has 0 fully saturated rings. The van der Waals surface area contributed by atoms with Crippen LogP contribution in [0.5, 0.6) is 0 Å². The molecule has 0 bridgehead atoms. The van der Waals surface area contributed by atoms with Crippen LogP contribution in [0.3, 0.4) is 0 Å². The predicted molar refractivity (Wildman–Crippen MR) is 136 cm³/mol. The Bertz CT molecular complexity index is 1200. The molecule has 10 heteroatoms. The highest BCUT2D eigenvalue weighted by atomic mass is 32.1. The molecule has 0 aliphatic heterocycles. The van der Waals surface area contributed by atoms with Gasteiger partial charge >= 0.3 is 0 Å². The summed E-state index contributed by atoms with van der Waals surface area (Å²) in [5.41, 5.74) is 8.42. The first-order valence-electron chi connectivity index (χ1n) is 11.4. The number of oxazole rings is 1. The number of aryl methyl sites for hydroxylation is 2. The van der Waals surface area contributed by atoms with Crippen molar-refractivity contribution in [3.63, 3.8) is 0 Å². The monoisotopic (exact) mass is 494 g/mol. The summed E-state index contributed by atoms with van der Waals surface area (Å²) in [6.07, 6.45) is 10.7. The first-order valence-corrected chi connectivity index (χ1v) is 12.2. The van der Waals surface area contributed by atoms with Gasteiger partial charge in [0.2, 0.25) is 5.91 Å². The molecule has 9 nitrogen and oxygen atoms in total. The summed E-state index contributed by atoms with van der Waals surface area (Å²) in [7, 11) is 3.59. The largest absolute Gasteiger partial charge is 0.441 e. The van der Waals surface area contributed by atoms with Crippen LogP contribution in [0.4, 0.5) is 0 Å². The Morgan fingerprint density at radius 1 is 1.06 bits per heavy atom. The molecule has 0 atom stereocenters. The van der Waals surface area contributed by atoms with E-state index >= 15 is 0 Å². The zero-order valence-corrected chi connectivity index (χ0v) is 20.8. The molecule has 4 rings (SSSR count). The van der Waals surface area contributed by atoms with Crippen molar-refractivity contribution in [2.75, 3.05) is 7.05 Å². The summed E-state index contributed by atoms with van der Waals surface area (Å²) in [6.45, 7) is 0. The second-order valence-electron chi connectivity index (χ2n) is 7.93. The molecule has 0 saturated heterocycles. The van der Waals surface area contributed by atoms with Gasteiger partial charge in [0.05, 0.1) is 23.7 Å². The number of amides is 2. The van der Waals surface area contributed by atoms with Crippen LogP contribution in [0.15, 0.2) is 58.7 Å². The van der Waals surface area contributed by atoms with E-state index in [0.29, 0.717) is 12.0 Å². The van der Waals surface area contributed by atoms with Gasteiger partial charge in [-0.2, -0.15) is 5.10 Å². The molecule has 0 spiro atoms. The molecule has 0 unspecified atom stereocenters. The predicted octanol–water partition coefficient (Wildman–Crippen LogP) is 4.22. The summed E-state index contributed by atoms with van der Waals surface area (Å²) < 4.78 is 11.4. The van der Waals surface area contributed by atoms with Gasteiger partial charge in [0.15, 0.2) is 11.7 Å². The van der Waals surface area contributed by atoms with E-state index in [-0.39, 0.29) is 5.91 Å². The van der Waals surface area contributed by atoms with Crippen LogP contribution in [0.1, 0.15) is 48.4 Å². The lowest BCUT2D eigenvalue weighted by Gasteiger charge is -2.01. The van der Waals surface area contributed by atoms with E-state index in [2.05, 4.69) is 19.8 Å². The van der Waals surface area contributed by atoms with Crippen molar-refractivity contribution in [3.05, 3.63) is 65.8 Å². The third-order valence-corrected chi connectivity index (χ3v) is 5.86. The van der Waals surface area contributed by atoms with Crippen LogP contribution < -0.4 is 11.1 Å². The third kappa shape index (κ3) is 8.18. The first kappa shape index (κ1) is 25.8. The number of nitrogens with two attached hydrogens (primary N) is 1. The van der Waals surface area contributed by atoms with Crippen molar-refractivity contribution in [3.8, 4) is 22.6 Å². The quantitative estimate of drug-likeness (QED) is 0.318.